The molecular formula is C17H26OSi. The van der Waals surface area contributed by atoms with Crippen LogP contribution >= 0.6 is 0 Å². The first kappa shape index (κ1) is 16.0. The zero-order valence-corrected chi connectivity index (χ0v) is 13.9. The van der Waals surface area contributed by atoms with Gasteiger partial charge in [0.25, 0.3) is 0 Å². The van der Waals surface area contributed by atoms with E-state index in [1.807, 2.05) is 6.07 Å². The molecule has 0 atom stereocenters. The Kier molecular flexibility index (Phi) is 5.40. The normalized spacial score (nSPS) is 12.2. The zero-order chi connectivity index (χ0) is 14.5. The molecule has 0 spiro atoms. The average Bonchev–Trinajstić information content (AvgIpc) is 2.30. The van der Waals surface area contributed by atoms with Gasteiger partial charge in [-0.05, 0) is 35.7 Å². The summed E-state index contributed by atoms with van der Waals surface area (Å²) >= 11 is 0. The van der Waals surface area contributed by atoms with Crippen LogP contribution in [-0.4, -0.2) is 14.9 Å². The van der Waals surface area contributed by atoms with E-state index in [1.165, 1.54) is 11.1 Å². The van der Waals surface area contributed by atoms with Crippen molar-refractivity contribution in [2.75, 3.05) is 6.61 Å². The van der Waals surface area contributed by atoms with Crippen LogP contribution in [0.15, 0.2) is 24.3 Å². The molecule has 1 nitrogen and oxygen atoms in total. The predicted octanol–water partition coefficient (Wildman–Crippen LogP) is 4.43. The maximum atomic E-state index is 6.22. The van der Waals surface area contributed by atoms with E-state index >= 15 is 0 Å². The summed E-state index contributed by atoms with van der Waals surface area (Å²) in [5.41, 5.74) is 2.57. The van der Waals surface area contributed by atoms with E-state index in [0.29, 0.717) is 6.42 Å². The molecule has 0 aliphatic rings. The number of benzene rings is 1. The van der Waals surface area contributed by atoms with E-state index in [0.717, 1.165) is 13.0 Å². The Morgan fingerprint density at radius 3 is 2.26 bits per heavy atom. The highest BCUT2D eigenvalue weighted by Crippen LogP contribution is 2.36. The monoisotopic (exact) mass is 274 g/mol. The Balaban J connectivity index is 2.62. The van der Waals surface area contributed by atoms with Gasteiger partial charge in [-0.2, -0.15) is 0 Å². The van der Waals surface area contributed by atoms with E-state index in [1.54, 1.807) is 0 Å². The number of terminal acetylenes is 1. The molecule has 1 aromatic rings. The van der Waals surface area contributed by atoms with Gasteiger partial charge < -0.3 is 4.43 Å². The van der Waals surface area contributed by atoms with Crippen molar-refractivity contribution >= 4 is 8.32 Å². The molecule has 104 valence electrons. The molecule has 0 N–H and O–H groups in total. The van der Waals surface area contributed by atoms with E-state index in [9.17, 15) is 0 Å². The molecule has 0 bridgehead atoms. The minimum atomic E-state index is -1.63. The lowest BCUT2D eigenvalue weighted by molar-refractivity contribution is 0.291. The topological polar surface area (TPSA) is 9.23 Å². The lowest BCUT2D eigenvalue weighted by Crippen LogP contribution is -2.41. The first-order chi connectivity index (χ1) is 8.78. The molecule has 0 amide bonds. The molecule has 0 saturated heterocycles. The minimum absolute atomic E-state index is 0.269. The average molecular weight is 274 g/mol. The molecule has 1 aromatic carbocycles. The third-order valence-corrected chi connectivity index (χ3v) is 8.59. The van der Waals surface area contributed by atoms with Crippen molar-refractivity contribution < 1.29 is 4.43 Å². The zero-order valence-electron chi connectivity index (χ0n) is 12.9. The Hall–Kier alpha value is -1.04. The number of hydrogen-bond donors (Lipinski definition) is 0. The molecule has 0 radical (unpaired) electrons. The lowest BCUT2D eigenvalue weighted by atomic mass is 10.0. The largest absolute Gasteiger partial charge is 0.416 e. The van der Waals surface area contributed by atoms with Gasteiger partial charge in [-0.15, -0.1) is 12.3 Å². The van der Waals surface area contributed by atoms with Crippen LogP contribution in [0.4, 0.5) is 0 Å². The molecule has 0 unspecified atom stereocenters. The van der Waals surface area contributed by atoms with Gasteiger partial charge in [-0.1, -0.05) is 45.0 Å². The van der Waals surface area contributed by atoms with Crippen molar-refractivity contribution in [2.24, 2.45) is 0 Å². The van der Waals surface area contributed by atoms with Crippen molar-refractivity contribution in [1.82, 2.24) is 0 Å². The second-order valence-corrected chi connectivity index (χ2v) is 11.3. The maximum Gasteiger partial charge on any atom is 0.191 e. The highest BCUT2D eigenvalue weighted by Gasteiger charge is 2.36. The standard InChI is InChI=1S/C17H26OSi/c1-7-10-15-11-8-9-12-16(15)13-14-18-19(5,6)17(2,3)4/h1,8-9,11-12H,10,13-14H2,2-6H3. The summed E-state index contributed by atoms with van der Waals surface area (Å²) in [6, 6.07) is 8.38. The molecule has 0 fully saturated rings. The van der Waals surface area contributed by atoms with Crippen LogP contribution in [0.25, 0.3) is 0 Å². The van der Waals surface area contributed by atoms with Crippen molar-refractivity contribution in [2.45, 2.75) is 51.7 Å². The fourth-order valence-corrected chi connectivity index (χ4v) is 2.76. The summed E-state index contributed by atoms with van der Waals surface area (Å²) in [5.74, 6) is 2.72. The van der Waals surface area contributed by atoms with E-state index in [4.69, 9.17) is 10.8 Å². The summed E-state index contributed by atoms with van der Waals surface area (Å²) in [6.07, 6.45) is 7.06. The summed E-state index contributed by atoms with van der Waals surface area (Å²) in [5, 5.41) is 0.269. The van der Waals surface area contributed by atoms with Crippen LogP contribution < -0.4 is 0 Å². The molecular weight excluding hydrogens is 248 g/mol. The van der Waals surface area contributed by atoms with Gasteiger partial charge in [0.2, 0.25) is 0 Å². The van der Waals surface area contributed by atoms with Gasteiger partial charge in [0, 0.05) is 13.0 Å². The number of hydrogen-bond acceptors (Lipinski definition) is 1. The van der Waals surface area contributed by atoms with E-state index < -0.39 is 8.32 Å². The smallest absolute Gasteiger partial charge is 0.191 e. The Bertz CT molecular complexity index is 449. The van der Waals surface area contributed by atoms with Crippen molar-refractivity contribution in [1.29, 1.82) is 0 Å². The quantitative estimate of drug-likeness (QED) is 0.570. The third-order valence-electron chi connectivity index (χ3n) is 4.05. The Labute approximate surface area is 119 Å². The van der Waals surface area contributed by atoms with Gasteiger partial charge in [0.05, 0.1) is 0 Å². The molecule has 1 rings (SSSR count). The SMILES string of the molecule is C#CCc1ccccc1CCO[Si](C)(C)C(C)(C)C. The Morgan fingerprint density at radius 1 is 1.16 bits per heavy atom. The highest BCUT2D eigenvalue weighted by atomic mass is 28.4. The van der Waals surface area contributed by atoms with Crippen LogP contribution in [0.5, 0.6) is 0 Å². The Morgan fingerprint density at radius 2 is 1.74 bits per heavy atom. The lowest BCUT2D eigenvalue weighted by Gasteiger charge is -2.36. The van der Waals surface area contributed by atoms with Crippen LogP contribution in [0.1, 0.15) is 31.9 Å². The fourth-order valence-electron chi connectivity index (χ4n) is 1.72. The molecule has 19 heavy (non-hydrogen) atoms. The molecule has 0 aliphatic carbocycles. The van der Waals surface area contributed by atoms with Crippen LogP contribution in [0, 0.1) is 12.3 Å². The van der Waals surface area contributed by atoms with Gasteiger partial charge in [-0.3, -0.25) is 0 Å². The van der Waals surface area contributed by atoms with Crippen molar-refractivity contribution in [3.63, 3.8) is 0 Å². The summed E-state index contributed by atoms with van der Waals surface area (Å²) in [6.45, 7) is 12.2. The summed E-state index contributed by atoms with van der Waals surface area (Å²) in [7, 11) is -1.63. The summed E-state index contributed by atoms with van der Waals surface area (Å²) < 4.78 is 6.22. The van der Waals surface area contributed by atoms with Crippen molar-refractivity contribution in [3.8, 4) is 12.3 Å². The van der Waals surface area contributed by atoms with Crippen LogP contribution in [0.2, 0.25) is 18.1 Å². The number of rotatable bonds is 5. The van der Waals surface area contributed by atoms with Gasteiger partial charge in [-0.25, -0.2) is 0 Å². The van der Waals surface area contributed by atoms with Gasteiger partial charge in [0.1, 0.15) is 0 Å². The second-order valence-electron chi connectivity index (χ2n) is 6.51. The molecule has 0 saturated carbocycles. The fraction of sp³-hybridized carbons (Fsp3) is 0.529. The molecule has 0 heterocycles. The molecule has 0 aromatic heterocycles. The molecule has 2 heteroatoms. The van der Waals surface area contributed by atoms with E-state index in [-0.39, 0.29) is 5.04 Å². The van der Waals surface area contributed by atoms with Crippen LogP contribution in [-0.2, 0) is 17.3 Å². The van der Waals surface area contributed by atoms with Crippen LogP contribution in [0.3, 0.4) is 0 Å². The molecule has 0 aliphatic heterocycles. The highest BCUT2D eigenvalue weighted by molar-refractivity contribution is 6.74. The predicted molar refractivity (Wildman–Crippen MR) is 85.8 cm³/mol. The van der Waals surface area contributed by atoms with Gasteiger partial charge in [0.15, 0.2) is 8.32 Å². The third kappa shape index (κ3) is 4.52. The summed E-state index contributed by atoms with van der Waals surface area (Å²) in [4.78, 5) is 0. The first-order valence-corrected chi connectivity index (χ1v) is 9.83. The maximum absolute atomic E-state index is 6.22. The first-order valence-electron chi connectivity index (χ1n) is 6.92. The second kappa shape index (κ2) is 6.41. The minimum Gasteiger partial charge on any atom is -0.416 e. The van der Waals surface area contributed by atoms with Gasteiger partial charge >= 0.3 is 0 Å². The van der Waals surface area contributed by atoms with Crippen molar-refractivity contribution in [3.05, 3.63) is 35.4 Å². The van der Waals surface area contributed by atoms with E-state index in [2.05, 4.69) is 58.0 Å².